The van der Waals surface area contributed by atoms with Gasteiger partial charge in [-0.3, -0.25) is 4.90 Å². The van der Waals surface area contributed by atoms with Crippen molar-refractivity contribution in [1.29, 1.82) is 0 Å². The van der Waals surface area contributed by atoms with Gasteiger partial charge >= 0.3 is 12.1 Å². The van der Waals surface area contributed by atoms with E-state index in [1.54, 1.807) is 11.8 Å². The van der Waals surface area contributed by atoms with Gasteiger partial charge in [-0.1, -0.05) is 38.3 Å². The summed E-state index contributed by atoms with van der Waals surface area (Å²) in [4.78, 5) is 26.2. The van der Waals surface area contributed by atoms with Crippen molar-refractivity contribution in [3.63, 3.8) is 0 Å². The number of amides is 1. The highest BCUT2D eigenvalue weighted by atomic mass is 32.1. The lowest BCUT2D eigenvalue weighted by Crippen LogP contribution is -2.36. The molecule has 0 spiro atoms. The number of thiophene rings is 1. The van der Waals surface area contributed by atoms with Crippen molar-refractivity contribution in [2.24, 2.45) is 0 Å². The summed E-state index contributed by atoms with van der Waals surface area (Å²) >= 11 is 1.20. The van der Waals surface area contributed by atoms with Crippen molar-refractivity contribution in [2.75, 3.05) is 18.1 Å². The summed E-state index contributed by atoms with van der Waals surface area (Å²) in [6.45, 7) is 4.67. The molecule has 3 rings (SSSR count). The number of rotatable bonds is 11. The first-order valence-electron chi connectivity index (χ1n) is 10.5. The Balaban J connectivity index is 1.58. The van der Waals surface area contributed by atoms with E-state index in [0.717, 1.165) is 36.1 Å². The number of hydrogen-bond donors (Lipinski definition) is 2. The van der Waals surface area contributed by atoms with E-state index in [0.29, 0.717) is 16.1 Å². The Labute approximate surface area is 186 Å². The minimum Gasteiger partial charge on any atom is -0.477 e. The van der Waals surface area contributed by atoms with E-state index in [9.17, 15) is 14.7 Å². The number of hydrogen-bond acceptors (Lipinski definition) is 6. The van der Waals surface area contributed by atoms with Crippen molar-refractivity contribution >= 4 is 29.1 Å². The summed E-state index contributed by atoms with van der Waals surface area (Å²) in [5.74, 6) is -0.936. The molecule has 8 heteroatoms. The number of aliphatic hydroxyl groups excluding tert-OH is 1. The van der Waals surface area contributed by atoms with E-state index in [2.05, 4.69) is 6.92 Å². The molecule has 1 aliphatic rings. The average molecular weight is 448 g/mol. The number of carboxylic acids is 1. The fraction of sp³-hybridized carbons (Fsp3) is 0.478. The van der Waals surface area contributed by atoms with Gasteiger partial charge in [0, 0.05) is 10.6 Å². The number of unbranched alkanes of at least 4 members (excludes halogenated alkanes) is 2. The predicted octanol–water partition coefficient (Wildman–Crippen LogP) is 4.91. The molecular formula is C23H29NO6S. The molecule has 2 N–H and O–H groups in total. The second-order valence-electron chi connectivity index (χ2n) is 7.75. The van der Waals surface area contributed by atoms with Crippen LogP contribution in [0.5, 0.6) is 0 Å². The second kappa shape index (κ2) is 10.7. The van der Waals surface area contributed by atoms with Crippen LogP contribution in [0.1, 0.15) is 64.4 Å². The number of nitrogens with zero attached hydrogens (tertiary/aromatic N) is 1. The standard InChI is InChI=1S/C23H29NO6S/c1-3-4-5-6-20(25)16-7-9-17(10-8-16)24-18(13-30-23(24)28)12-29-14-19-11-15(2)21(31-19)22(26)27/h7-11,18,20,25H,3-6,12-14H2,1-2H3,(H,26,27)/t18-,20?/m0/s1. The molecule has 7 nitrogen and oxygen atoms in total. The summed E-state index contributed by atoms with van der Waals surface area (Å²) in [5.41, 5.74) is 2.25. The molecule has 2 heterocycles. The first-order valence-corrected chi connectivity index (χ1v) is 11.4. The van der Waals surface area contributed by atoms with Crippen molar-refractivity contribution < 1.29 is 29.3 Å². The second-order valence-corrected chi connectivity index (χ2v) is 8.89. The van der Waals surface area contributed by atoms with E-state index in [-0.39, 0.29) is 25.9 Å². The molecule has 1 aliphatic heterocycles. The number of carbonyl (C=O) groups excluding carboxylic acids is 1. The van der Waals surface area contributed by atoms with E-state index < -0.39 is 18.2 Å². The third-order valence-corrected chi connectivity index (χ3v) is 6.51. The fourth-order valence-electron chi connectivity index (χ4n) is 3.64. The van der Waals surface area contributed by atoms with Crippen LogP contribution in [-0.4, -0.2) is 41.5 Å². The third kappa shape index (κ3) is 5.84. The van der Waals surface area contributed by atoms with Gasteiger partial charge in [-0.15, -0.1) is 11.3 Å². The Hall–Kier alpha value is -2.42. The van der Waals surface area contributed by atoms with E-state index >= 15 is 0 Å². The van der Waals surface area contributed by atoms with Gasteiger partial charge in [0.1, 0.15) is 11.5 Å². The quantitative estimate of drug-likeness (QED) is 0.475. The smallest absolute Gasteiger partial charge is 0.414 e. The maximum absolute atomic E-state index is 12.3. The summed E-state index contributed by atoms with van der Waals surface area (Å²) < 4.78 is 11.0. The van der Waals surface area contributed by atoms with Crippen LogP contribution in [0.2, 0.25) is 0 Å². The molecule has 1 aromatic heterocycles. The van der Waals surface area contributed by atoms with Crippen LogP contribution in [-0.2, 0) is 16.1 Å². The van der Waals surface area contributed by atoms with Crippen LogP contribution in [0.4, 0.5) is 10.5 Å². The molecule has 1 saturated heterocycles. The number of benzene rings is 1. The molecule has 0 aliphatic carbocycles. The van der Waals surface area contributed by atoms with Gasteiger partial charge in [-0.25, -0.2) is 9.59 Å². The van der Waals surface area contributed by atoms with Gasteiger partial charge in [0.25, 0.3) is 0 Å². The van der Waals surface area contributed by atoms with Gasteiger partial charge in [-0.05, 0) is 42.7 Å². The number of cyclic esters (lactones) is 1. The molecule has 2 aromatic rings. The fourth-order valence-corrected chi connectivity index (χ4v) is 4.59. The van der Waals surface area contributed by atoms with Gasteiger partial charge in [0.2, 0.25) is 0 Å². The Kier molecular flexibility index (Phi) is 8.06. The Morgan fingerprint density at radius 1 is 1.32 bits per heavy atom. The lowest BCUT2D eigenvalue weighted by molar-refractivity contribution is 0.0701. The van der Waals surface area contributed by atoms with Crippen LogP contribution >= 0.6 is 11.3 Å². The Bertz CT molecular complexity index is 894. The maximum atomic E-state index is 12.3. The molecule has 31 heavy (non-hydrogen) atoms. The minimum absolute atomic E-state index is 0.226. The number of ether oxygens (including phenoxy) is 2. The summed E-state index contributed by atoms with van der Waals surface area (Å²) in [6.07, 6.45) is 2.98. The van der Waals surface area contributed by atoms with E-state index in [1.807, 2.05) is 30.3 Å². The zero-order chi connectivity index (χ0) is 22.4. The van der Waals surface area contributed by atoms with Crippen LogP contribution in [0.15, 0.2) is 30.3 Å². The Morgan fingerprint density at radius 2 is 2.06 bits per heavy atom. The largest absolute Gasteiger partial charge is 0.477 e. The van der Waals surface area contributed by atoms with Crippen LogP contribution in [0.3, 0.4) is 0 Å². The van der Waals surface area contributed by atoms with Crippen LogP contribution < -0.4 is 4.90 Å². The van der Waals surface area contributed by atoms with Crippen molar-refractivity contribution in [3.05, 3.63) is 51.2 Å². The number of aliphatic hydroxyl groups is 1. The zero-order valence-electron chi connectivity index (χ0n) is 17.9. The molecule has 1 amide bonds. The van der Waals surface area contributed by atoms with Crippen molar-refractivity contribution in [3.8, 4) is 0 Å². The van der Waals surface area contributed by atoms with Gasteiger partial charge in [0.15, 0.2) is 0 Å². The minimum atomic E-state index is -0.936. The van der Waals surface area contributed by atoms with Crippen LogP contribution in [0, 0.1) is 6.92 Å². The maximum Gasteiger partial charge on any atom is 0.414 e. The van der Waals surface area contributed by atoms with E-state index in [4.69, 9.17) is 14.6 Å². The Morgan fingerprint density at radius 3 is 2.71 bits per heavy atom. The molecule has 0 bridgehead atoms. The SMILES string of the molecule is CCCCCC(O)c1ccc(N2C(=O)OC[C@@H]2COCc2cc(C)c(C(=O)O)s2)cc1. The summed E-state index contributed by atoms with van der Waals surface area (Å²) in [7, 11) is 0. The molecular weight excluding hydrogens is 418 g/mol. The zero-order valence-corrected chi connectivity index (χ0v) is 18.7. The first kappa shape index (κ1) is 23.2. The van der Waals surface area contributed by atoms with Crippen molar-refractivity contribution in [2.45, 2.75) is 58.3 Å². The topological polar surface area (TPSA) is 96.3 Å². The monoisotopic (exact) mass is 447 g/mol. The van der Waals surface area contributed by atoms with Gasteiger partial charge in [-0.2, -0.15) is 0 Å². The summed E-state index contributed by atoms with van der Waals surface area (Å²) in [5, 5.41) is 19.5. The highest BCUT2D eigenvalue weighted by Crippen LogP contribution is 2.28. The molecule has 168 valence electrons. The van der Waals surface area contributed by atoms with Crippen molar-refractivity contribution in [1.82, 2.24) is 0 Å². The van der Waals surface area contributed by atoms with Gasteiger partial charge in [0.05, 0.1) is 25.4 Å². The normalized spacial score (nSPS) is 17.1. The molecule has 0 saturated carbocycles. The lowest BCUT2D eigenvalue weighted by Gasteiger charge is -2.22. The number of carboxylic acid groups (broad SMARTS) is 1. The molecule has 1 aromatic carbocycles. The summed E-state index contributed by atoms with van der Waals surface area (Å²) in [6, 6.07) is 8.87. The first-order chi connectivity index (χ1) is 14.9. The van der Waals surface area contributed by atoms with Crippen LogP contribution in [0.25, 0.3) is 0 Å². The molecule has 0 radical (unpaired) electrons. The molecule has 2 atom stereocenters. The number of aromatic carboxylic acids is 1. The molecule has 1 unspecified atom stereocenters. The number of carbonyl (C=O) groups is 2. The lowest BCUT2D eigenvalue weighted by atomic mass is 10.0. The number of anilines is 1. The third-order valence-electron chi connectivity index (χ3n) is 5.32. The van der Waals surface area contributed by atoms with Gasteiger partial charge < -0.3 is 19.7 Å². The number of aryl methyl sites for hydroxylation is 1. The average Bonchev–Trinajstić information content (AvgIpc) is 3.30. The predicted molar refractivity (Wildman–Crippen MR) is 119 cm³/mol. The molecule has 1 fully saturated rings. The highest BCUT2D eigenvalue weighted by Gasteiger charge is 2.34. The highest BCUT2D eigenvalue weighted by molar-refractivity contribution is 7.14. The van der Waals surface area contributed by atoms with E-state index in [1.165, 1.54) is 11.3 Å².